The zero-order valence-electron chi connectivity index (χ0n) is 26.3. The summed E-state index contributed by atoms with van der Waals surface area (Å²) < 4.78 is 4.88. The first-order valence-electron chi connectivity index (χ1n) is 16.7. The number of nitrogens with one attached hydrogen (secondary N) is 1. The van der Waals surface area contributed by atoms with Gasteiger partial charge in [0.25, 0.3) is 0 Å². The van der Waals surface area contributed by atoms with Crippen molar-refractivity contribution < 1.29 is 0 Å². The van der Waals surface area contributed by atoms with Crippen molar-refractivity contribution in [3.05, 3.63) is 175 Å². The molecule has 8 aromatic rings. The largest absolute Gasteiger partial charge is 0.359 e. The first kappa shape index (κ1) is 27.0. The molecule has 228 valence electrons. The average molecular weight is 617 g/mol. The SMILES string of the molecule is C1=CC[C@@H](n2c3ccccc3c3cc(-c4ccc5c6ccccc6n(C6=NC(c7ccccc7)Nc7ccccc76)c5c4)ccc32)C=C1. The second-order valence-electron chi connectivity index (χ2n) is 12.8. The quantitative estimate of drug-likeness (QED) is 0.211. The molecule has 6 aromatic carbocycles. The van der Waals surface area contributed by atoms with Gasteiger partial charge in [-0.15, -0.1) is 0 Å². The minimum absolute atomic E-state index is 0.190. The van der Waals surface area contributed by atoms with E-state index in [1.165, 1.54) is 43.7 Å². The van der Waals surface area contributed by atoms with E-state index in [9.17, 15) is 0 Å². The molecule has 0 saturated carbocycles. The Morgan fingerprint density at radius 3 is 2.10 bits per heavy atom. The smallest absolute Gasteiger partial charge is 0.147 e. The maximum atomic E-state index is 5.42. The Morgan fingerprint density at radius 2 is 1.25 bits per heavy atom. The summed E-state index contributed by atoms with van der Waals surface area (Å²) in [4.78, 5) is 5.42. The Hall–Kier alpha value is -6.13. The number of anilines is 1. The molecule has 0 saturated heterocycles. The maximum absolute atomic E-state index is 5.42. The van der Waals surface area contributed by atoms with Crippen LogP contribution in [0.5, 0.6) is 0 Å². The number of para-hydroxylation sites is 3. The van der Waals surface area contributed by atoms with Crippen LogP contribution in [0.2, 0.25) is 0 Å². The van der Waals surface area contributed by atoms with Crippen LogP contribution in [0.15, 0.2) is 169 Å². The highest BCUT2D eigenvalue weighted by atomic mass is 15.2. The molecule has 0 fully saturated rings. The highest BCUT2D eigenvalue weighted by Gasteiger charge is 2.25. The molecule has 3 heterocycles. The normalized spacial score (nSPS) is 17.2. The van der Waals surface area contributed by atoms with Gasteiger partial charge in [-0.05, 0) is 65.6 Å². The van der Waals surface area contributed by atoms with Crippen molar-refractivity contribution in [3.8, 4) is 11.1 Å². The minimum atomic E-state index is -0.190. The number of fused-ring (bicyclic) bond motifs is 7. The summed E-state index contributed by atoms with van der Waals surface area (Å²) in [6.07, 6.45) is 9.71. The van der Waals surface area contributed by atoms with Gasteiger partial charge in [-0.25, -0.2) is 4.99 Å². The van der Waals surface area contributed by atoms with Gasteiger partial charge in [0.05, 0.1) is 17.1 Å². The monoisotopic (exact) mass is 616 g/mol. The third-order valence-corrected chi connectivity index (χ3v) is 10.0. The number of hydrogen-bond donors (Lipinski definition) is 1. The number of aliphatic imine (C=N–C) groups is 1. The predicted molar refractivity (Wildman–Crippen MR) is 201 cm³/mol. The van der Waals surface area contributed by atoms with Crippen molar-refractivity contribution in [2.24, 2.45) is 4.99 Å². The molecule has 1 aliphatic heterocycles. The Bertz CT molecular complexity index is 2630. The fraction of sp³-hybridized carbons (Fsp3) is 0.0682. The molecule has 2 aromatic heterocycles. The molecule has 4 heteroatoms. The van der Waals surface area contributed by atoms with Crippen molar-refractivity contribution in [1.29, 1.82) is 0 Å². The van der Waals surface area contributed by atoms with Crippen LogP contribution in [0, 0.1) is 0 Å². The number of aromatic nitrogens is 2. The molecule has 4 nitrogen and oxygen atoms in total. The van der Waals surface area contributed by atoms with Crippen molar-refractivity contribution in [3.63, 3.8) is 0 Å². The topological polar surface area (TPSA) is 34.2 Å². The van der Waals surface area contributed by atoms with Crippen LogP contribution in [-0.4, -0.2) is 15.0 Å². The summed E-state index contributed by atoms with van der Waals surface area (Å²) in [5.74, 6) is 0.953. The Kier molecular flexibility index (Phi) is 6.03. The third-order valence-electron chi connectivity index (χ3n) is 10.0. The van der Waals surface area contributed by atoms with Crippen LogP contribution >= 0.6 is 0 Å². The highest BCUT2D eigenvalue weighted by Crippen LogP contribution is 2.40. The number of rotatable bonds is 3. The number of allylic oxidation sites excluding steroid dienone is 4. The van der Waals surface area contributed by atoms with Crippen molar-refractivity contribution in [1.82, 2.24) is 9.13 Å². The van der Waals surface area contributed by atoms with Crippen LogP contribution in [0.4, 0.5) is 5.69 Å². The number of hydrogen-bond acceptors (Lipinski definition) is 2. The molecule has 0 amide bonds. The lowest BCUT2D eigenvalue weighted by Gasteiger charge is -2.27. The summed E-state index contributed by atoms with van der Waals surface area (Å²) in [5.41, 5.74) is 10.6. The van der Waals surface area contributed by atoms with E-state index in [-0.39, 0.29) is 6.17 Å². The van der Waals surface area contributed by atoms with E-state index in [1.807, 2.05) is 0 Å². The van der Waals surface area contributed by atoms with E-state index in [0.717, 1.165) is 40.1 Å². The van der Waals surface area contributed by atoms with Crippen LogP contribution in [-0.2, 0) is 0 Å². The van der Waals surface area contributed by atoms with Gasteiger partial charge < -0.3 is 9.88 Å². The summed E-state index contributed by atoms with van der Waals surface area (Å²) in [7, 11) is 0. The summed E-state index contributed by atoms with van der Waals surface area (Å²) in [6.45, 7) is 0. The molecule has 1 aliphatic carbocycles. The molecule has 0 spiro atoms. The van der Waals surface area contributed by atoms with Crippen molar-refractivity contribution in [2.75, 3.05) is 5.32 Å². The van der Waals surface area contributed by atoms with Gasteiger partial charge in [0, 0.05) is 43.8 Å². The molecule has 2 atom stereocenters. The van der Waals surface area contributed by atoms with E-state index in [2.05, 4.69) is 178 Å². The highest BCUT2D eigenvalue weighted by molar-refractivity contribution is 6.20. The summed E-state index contributed by atoms with van der Waals surface area (Å²) in [6, 6.07) is 50.8. The molecule has 1 N–H and O–H groups in total. The minimum Gasteiger partial charge on any atom is -0.359 e. The summed E-state index contributed by atoms with van der Waals surface area (Å²) in [5, 5.41) is 8.71. The Labute approximate surface area is 278 Å². The van der Waals surface area contributed by atoms with E-state index >= 15 is 0 Å². The first-order chi connectivity index (χ1) is 23.8. The van der Waals surface area contributed by atoms with E-state index in [0.29, 0.717) is 6.04 Å². The predicted octanol–water partition coefficient (Wildman–Crippen LogP) is 11.0. The van der Waals surface area contributed by atoms with Gasteiger partial charge in [0.2, 0.25) is 0 Å². The molecule has 0 bridgehead atoms. The van der Waals surface area contributed by atoms with E-state index in [4.69, 9.17) is 4.99 Å². The zero-order chi connectivity index (χ0) is 31.6. The zero-order valence-corrected chi connectivity index (χ0v) is 26.3. The van der Waals surface area contributed by atoms with Crippen molar-refractivity contribution in [2.45, 2.75) is 18.6 Å². The standard InChI is InChI=1S/C44H32N4/c1-3-13-29(14-4-1)43-45-38-20-10-7-19-36(38)44(46-43)48-40-22-12-8-17-33(40)35-25-23-31(28-42(35)48)30-24-26-41-37(27-30)34-18-9-11-21-39(34)47(41)32-15-5-2-6-16-32/h1-15,17-28,32,43,45H,16H2/t32-,43?/m0/s1. The van der Waals surface area contributed by atoms with Gasteiger partial charge in [-0.1, -0.05) is 121 Å². The average Bonchev–Trinajstić information content (AvgIpc) is 3.67. The lowest BCUT2D eigenvalue weighted by molar-refractivity contribution is 0.648. The number of benzene rings is 6. The fourth-order valence-corrected chi connectivity index (χ4v) is 7.82. The third kappa shape index (κ3) is 4.12. The van der Waals surface area contributed by atoms with Crippen LogP contribution in [0.25, 0.3) is 54.7 Å². The lowest BCUT2D eigenvalue weighted by Crippen LogP contribution is -2.24. The Balaban J connectivity index is 1.19. The lowest BCUT2D eigenvalue weighted by atomic mass is 10.0. The fourth-order valence-electron chi connectivity index (χ4n) is 7.82. The molecular weight excluding hydrogens is 585 g/mol. The van der Waals surface area contributed by atoms with Crippen molar-refractivity contribution >= 4 is 55.1 Å². The van der Waals surface area contributed by atoms with E-state index < -0.39 is 0 Å². The van der Waals surface area contributed by atoms with Gasteiger partial charge in [0.1, 0.15) is 12.0 Å². The second-order valence-corrected chi connectivity index (χ2v) is 12.8. The number of nitrogens with zero attached hydrogens (tertiary/aromatic N) is 3. The molecular formula is C44H32N4. The molecule has 48 heavy (non-hydrogen) atoms. The molecule has 1 unspecified atom stereocenters. The van der Waals surface area contributed by atoms with E-state index in [1.54, 1.807) is 0 Å². The van der Waals surface area contributed by atoms with Gasteiger partial charge in [-0.2, -0.15) is 0 Å². The first-order valence-corrected chi connectivity index (χ1v) is 16.7. The van der Waals surface area contributed by atoms with Crippen LogP contribution in [0.3, 0.4) is 0 Å². The van der Waals surface area contributed by atoms with Gasteiger partial charge in [-0.3, -0.25) is 4.57 Å². The maximum Gasteiger partial charge on any atom is 0.147 e. The van der Waals surface area contributed by atoms with Crippen LogP contribution < -0.4 is 5.32 Å². The molecule has 0 radical (unpaired) electrons. The summed E-state index contributed by atoms with van der Waals surface area (Å²) >= 11 is 0. The van der Waals surface area contributed by atoms with Crippen LogP contribution in [0.1, 0.15) is 29.8 Å². The molecule has 2 aliphatic rings. The molecule has 10 rings (SSSR count). The van der Waals surface area contributed by atoms with Gasteiger partial charge >= 0.3 is 0 Å². The van der Waals surface area contributed by atoms with Gasteiger partial charge in [0.15, 0.2) is 0 Å². The second kappa shape index (κ2) is 10.7. The Morgan fingerprint density at radius 1 is 0.562 bits per heavy atom.